The quantitative estimate of drug-likeness (QED) is 0.633. The molecule has 0 aliphatic carbocycles. The highest BCUT2D eigenvalue weighted by Crippen LogP contribution is 2.36. The van der Waals surface area contributed by atoms with Gasteiger partial charge in [-0.25, -0.2) is 8.91 Å². The summed E-state index contributed by atoms with van der Waals surface area (Å²) in [5, 5.41) is 7.64. The number of rotatable bonds is 2. The molecule has 2 bridgehead atoms. The summed E-state index contributed by atoms with van der Waals surface area (Å²) in [6.45, 7) is 3.80. The number of hydrogen-bond donors (Lipinski definition) is 1. The molecule has 8 nitrogen and oxygen atoms in total. The molecule has 1 unspecified atom stereocenters. The lowest BCUT2D eigenvalue weighted by Crippen LogP contribution is -2.43. The van der Waals surface area contributed by atoms with E-state index < -0.39 is 11.9 Å². The number of fused-ring (bicyclic) bond motifs is 2. The van der Waals surface area contributed by atoms with Crippen molar-refractivity contribution in [2.75, 3.05) is 26.2 Å². The summed E-state index contributed by atoms with van der Waals surface area (Å²) in [7, 11) is 0. The van der Waals surface area contributed by atoms with Gasteiger partial charge in [-0.05, 0) is 38.4 Å². The molecule has 2 aromatic heterocycles. The molecule has 2 aliphatic rings. The van der Waals surface area contributed by atoms with Crippen LogP contribution < -0.4 is 14.8 Å². The molecule has 1 amide bonds. The highest BCUT2D eigenvalue weighted by Gasteiger charge is 2.27. The molecule has 32 heavy (non-hydrogen) atoms. The van der Waals surface area contributed by atoms with Gasteiger partial charge in [0, 0.05) is 24.8 Å². The van der Waals surface area contributed by atoms with Crippen molar-refractivity contribution in [1.82, 2.24) is 24.8 Å². The molecule has 10 heteroatoms. The maximum Gasteiger partial charge on any atom is 0.259 e. The number of carbonyl (C=O) groups is 1. The van der Waals surface area contributed by atoms with Crippen LogP contribution in [0.25, 0.3) is 5.65 Å². The number of nitrogens with zero attached hydrogens (tertiary/aromatic N) is 4. The van der Waals surface area contributed by atoms with E-state index in [1.807, 2.05) is 0 Å². The first-order valence-electron chi connectivity index (χ1n) is 10.7. The van der Waals surface area contributed by atoms with Gasteiger partial charge in [-0.3, -0.25) is 4.79 Å². The fourth-order valence-corrected chi connectivity index (χ4v) is 4.56. The minimum Gasteiger partial charge on any atom is -0.491 e. The zero-order valence-corrected chi connectivity index (χ0v) is 18.3. The van der Waals surface area contributed by atoms with Crippen LogP contribution in [0.1, 0.15) is 41.8 Å². The summed E-state index contributed by atoms with van der Waals surface area (Å²) in [5.41, 5.74) is 1.19. The number of carbonyl (C=O) groups excluding carboxylic acids is 1. The Balaban J connectivity index is 1.57. The van der Waals surface area contributed by atoms with Crippen molar-refractivity contribution < 1.29 is 18.7 Å². The predicted octanol–water partition coefficient (Wildman–Crippen LogP) is 3.25. The molecule has 1 N–H and O–H groups in total. The Labute approximate surface area is 189 Å². The van der Waals surface area contributed by atoms with Crippen molar-refractivity contribution in [3.05, 3.63) is 52.6 Å². The zero-order chi connectivity index (χ0) is 22.2. The third kappa shape index (κ3) is 3.86. The van der Waals surface area contributed by atoms with Gasteiger partial charge in [0.25, 0.3) is 5.91 Å². The maximum atomic E-state index is 14.2. The first kappa shape index (κ1) is 21.0. The fourth-order valence-electron chi connectivity index (χ4n) is 4.25. The summed E-state index contributed by atoms with van der Waals surface area (Å²) >= 11 is 6.28. The van der Waals surface area contributed by atoms with Crippen LogP contribution in [0.15, 0.2) is 30.6 Å². The molecule has 1 fully saturated rings. The van der Waals surface area contributed by atoms with Crippen LogP contribution in [0.3, 0.4) is 0 Å². The topological polar surface area (TPSA) is 81.0 Å². The zero-order valence-electron chi connectivity index (χ0n) is 17.6. The van der Waals surface area contributed by atoms with Gasteiger partial charge in [0.2, 0.25) is 5.88 Å². The van der Waals surface area contributed by atoms with E-state index in [4.69, 9.17) is 21.1 Å². The van der Waals surface area contributed by atoms with Gasteiger partial charge >= 0.3 is 0 Å². The second kappa shape index (κ2) is 8.55. The minimum absolute atomic E-state index is 0.0564. The summed E-state index contributed by atoms with van der Waals surface area (Å²) < 4.78 is 27.7. The molecule has 1 aromatic carbocycles. The van der Waals surface area contributed by atoms with E-state index in [0.29, 0.717) is 35.6 Å². The fraction of sp³-hybridized carbons (Fsp3) is 0.409. The molecule has 2 aliphatic heterocycles. The SMILES string of the molecule is C[C@H]1Oc2ccn3ncc(c3n2)C(=O)N(CC2CCCN2)CCOc2ccc(F)c(Cl)c21. The van der Waals surface area contributed by atoms with Crippen molar-refractivity contribution >= 4 is 23.2 Å². The van der Waals surface area contributed by atoms with Crippen LogP contribution in [0.2, 0.25) is 5.02 Å². The number of aromatic nitrogens is 3. The molecule has 5 rings (SSSR count). The average Bonchev–Trinajstić information content (AvgIpc) is 3.44. The molecule has 3 aromatic rings. The average molecular weight is 460 g/mol. The van der Waals surface area contributed by atoms with Crippen LogP contribution in [-0.4, -0.2) is 57.7 Å². The Morgan fingerprint density at radius 3 is 3.03 bits per heavy atom. The summed E-state index contributed by atoms with van der Waals surface area (Å²) in [4.78, 5) is 19.7. The van der Waals surface area contributed by atoms with Gasteiger partial charge in [0.1, 0.15) is 29.8 Å². The lowest BCUT2D eigenvalue weighted by Gasteiger charge is -2.26. The van der Waals surface area contributed by atoms with Gasteiger partial charge in [0.15, 0.2) is 5.65 Å². The lowest BCUT2D eigenvalue weighted by atomic mass is 10.1. The second-order valence-electron chi connectivity index (χ2n) is 8.02. The molecule has 1 saturated heterocycles. The number of hydrogen-bond acceptors (Lipinski definition) is 6. The monoisotopic (exact) mass is 459 g/mol. The highest BCUT2D eigenvalue weighted by molar-refractivity contribution is 6.31. The van der Waals surface area contributed by atoms with Crippen molar-refractivity contribution in [3.8, 4) is 11.6 Å². The minimum atomic E-state index is -0.634. The first-order valence-corrected chi connectivity index (χ1v) is 11.0. The number of nitrogens with one attached hydrogen (secondary N) is 1. The van der Waals surface area contributed by atoms with Crippen LogP contribution >= 0.6 is 11.6 Å². The molecule has 0 radical (unpaired) electrons. The second-order valence-corrected chi connectivity index (χ2v) is 8.40. The number of benzene rings is 1. The standard InChI is InChI=1S/C22H23ClFN5O3/c1-13-19-17(5-4-16(24)20(19)23)31-10-9-28(12-14-3-2-7-25-14)22(30)15-11-26-29-8-6-18(32-13)27-21(15)29/h4-6,8,11,13-14,25H,2-3,7,9-10,12H2,1H3/t13-,14?/m1/s1. The molecule has 0 saturated carbocycles. The van der Waals surface area contributed by atoms with Crippen molar-refractivity contribution in [2.45, 2.75) is 31.9 Å². The maximum absolute atomic E-state index is 14.2. The summed E-state index contributed by atoms with van der Waals surface area (Å²) in [5.74, 6) is -0.0429. The van der Waals surface area contributed by atoms with Gasteiger partial charge in [0.05, 0.1) is 23.3 Å². The van der Waals surface area contributed by atoms with E-state index in [1.165, 1.54) is 22.8 Å². The van der Waals surface area contributed by atoms with Gasteiger partial charge < -0.3 is 19.7 Å². The van der Waals surface area contributed by atoms with Crippen LogP contribution in [-0.2, 0) is 0 Å². The molecule has 2 atom stereocenters. The molecular formula is C22H23ClFN5O3. The number of amides is 1. The molecular weight excluding hydrogens is 437 g/mol. The Morgan fingerprint density at radius 2 is 2.22 bits per heavy atom. The molecule has 168 valence electrons. The van der Waals surface area contributed by atoms with Gasteiger partial charge in [-0.2, -0.15) is 10.1 Å². The molecule has 4 heterocycles. The van der Waals surface area contributed by atoms with E-state index in [-0.39, 0.29) is 29.5 Å². The van der Waals surface area contributed by atoms with E-state index in [9.17, 15) is 9.18 Å². The molecule has 0 spiro atoms. The first-order chi connectivity index (χ1) is 15.5. The van der Waals surface area contributed by atoms with Crippen molar-refractivity contribution in [3.63, 3.8) is 0 Å². The third-order valence-corrected chi connectivity index (χ3v) is 6.26. The van der Waals surface area contributed by atoms with Gasteiger partial charge in [-0.1, -0.05) is 11.6 Å². The Bertz CT molecular complexity index is 1160. The summed E-state index contributed by atoms with van der Waals surface area (Å²) in [6, 6.07) is 4.66. The Morgan fingerprint density at radius 1 is 1.34 bits per heavy atom. The number of ether oxygens (including phenoxy) is 2. The predicted molar refractivity (Wildman–Crippen MR) is 116 cm³/mol. The Kier molecular flexibility index (Phi) is 5.60. The van der Waals surface area contributed by atoms with Gasteiger partial charge in [-0.15, -0.1) is 0 Å². The van der Waals surface area contributed by atoms with Crippen LogP contribution in [0.5, 0.6) is 11.6 Å². The largest absolute Gasteiger partial charge is 0.491 e. The van der Waals surface area contributed by atoms with E-state index in [2.05, 4.69) is 15.4 Å². The van der Waals surface area contributed by atoms with Crippen LogP contribution in [0.4, 0.5) is 4.39 Å². The highest BCUT2D eigenvalue weighted by atomic mass is 35.5. The van der Waals surface area contributed by atoms with Crippen molar-refractivity contribution in [1.29, 1.82) is 0 Å². The smallest absolute Gasteiger partial charge is 0.259 e. The summed E-state index contributed by atoms with van der Waals surface area (Å²) in [6.07, 6.45) is 4.65. The van der Waals surface area contributed by atoms with E-state index in [0.717, 1.165) is 19.4 Å². The normalized spacial score (nSPS) is 21.5. The van der Waals surface area contributed by atoms with Crippen molar-refractivity contribution in [2.24, 2.45) is 0 Å². The Hall–Kier alpha value is -2.91. The lowest BCUT2D eigenvalue weighted by molar-refractivity contribution is 0.0716. The third-order valence-electron chi connectivity index (χ3n) is 5.88. The van der Waals surface area contributed by atoms with Crippen LogP contribution in [0, 0.1) is 5.82 Å². The number of halogens is 2. The van der Waals surface area contributed by atoms with E-state index >= 15 is 0 Å². The van der Waals surface area contributed by atoms with E-state index in [1.54, 1.807) is 24.1 Å².